The normalized spacial score (nSPS) is 11.4. The SMILES string of the molecule is COc1ccc(-c2cc(C(F)(F)F)nc(SCc3ccc(Cl)cc3)n2)cc1OC. The smallest absolute Gasteiger partial charge is 0.433 e. The number of alkyl halides is 3. The van der Waals surface area contributed by atoms with E-state index in [1.54, 1.807) is 42.5 Å². The lowest BCUT2D eigenvalue weighted by Gasteiger charge is -2.12. The fourth-order valence-corrected chi connectivity index (χ4v) is 3.45. The van der Waals surface area contributed by atoms with Crippen LogP contribution in [0.15, 0.2) is 53.7 Å². The lowest BCUT2D eigenvalue weighted by Crippen LogP contribution is -2.10. The van der Waals surface area contributed by atoms with E-state index in [0.29, 0.717) is 27.8 Å². The number of rotatable bonds is 6. The molecule has 2 aromatic carbocycles. The van der Waals surface area contributed by atoms with Crippen LogP contribution in [0.5, 0.6) is 11.5 Å². The molecule has 4 nitrogen and oxygen atoms in total. The van der Waals surface area contributed by atoms with Gasteiger partial charge < -0.3 is 9.47 Å². The molecule has 0 radical (unpaired) electrons. The molecule has 0 saturated heterocycles. The summed E-state index contributed by atoms with van der Waals surface area (Å²) in [6.45, 7) is 0. The molecule has 3 aromatic rings. The summed E-state index contributed by atoms with van der Waals surface area (Å²) in [6.07, 6.45) is -4.59. The summed E-state index contributed by atoms with van der Waals surface area (Å²) in [4.78, 5) is 7.99. The minimum atomic E-state index is -4.59. The first-order valence-electron chi connectivity index (χ1n) is 8.36. The topological polar surface area (TPSA) is 44.2 Å². The van der Waals surface area contributed by atoms with Crippen LogP contribution in [0.2, 0.25) is 5.02 Å². The molecule has 0 unspecified atom stereocenters. The van der Waals surface area contributed by atoms with Gasteiger partial charge in [0.2, 0.25) is 0 Å². The highest BCUT2D eigenvalue weighted by molar-refractivity contribution is 7.98. The van der Waals surface area contributed by atoms with E-state index in [-0.39, 0.29) is 10.9 Å². The number of benzene rings is 2. The largest absolute Gasteiger partial charge is 0.493 e. The molecule has 9 heteroatoms. The van der Waals surface area contributed by atoms with Gasteiger partial charge in [-0.3, -0.25) is 0 Å². The van der Waals surface area contributed by atoms with E-state index in [1.807, 2.05) is 0 Å². The molecule has 0 atom stereocenters. The first-order valence-corrected chi connectivity index (χ1v) is 9.72. The summed E-state index contributed by atoms with van der Waals surface area (Å²) in [5.41, 5.74) is 0.500. The number of halogens is 4. The third-order valence-electron chi connectivity index (χ3n) is 3.96. The summed E-state index contributed by atoms with van der Waals surface area (Å²) in [5.74, 6) is 1.27. The first-order chi connectivity index (χ1) is 13.8. The van der Waals surface area contributed by atoms with E-state index in [1.165, 1.54) is 14.2 Å². The third-order valence-corrected chi connectivity index (χ3v) is 5.13. The second kappa shape index (κ2) is 8.92. The Kier molecular flexibility index (Phi) is 6.54. The predicted octanol–water partition coefficient (Wildman–Crippen LogP) is 6.13. The highest BCUT2D eigenvalue weighted by atomic mass is 35.5. The monoisotopic (exact) mass is 440 g/mol. The zero-order chi connectivity index (χ0) is 21.0. The van der Waals surface area contributed by atoms with Crippen molar-refractivity contribution in [2.45, 2.75) is 17.1 Å². The molecule has 0 spiro atoms. The molecule has 1 aromatic heterocycles. The van der Waals surface area contributed by atoms with Gasteiger partial charge in [0.05, 0.1) is 19.9 Å². The van der Waals surface area contributed by atoms with E-state index in [9.17, 15) is 13.2 Å². The first kappa shape index (κ1) is 21.3. The Morgan fingerprint density at radius 1 is 0.931 bits per heavy atom. The summed E-state index contributed by atoms with van der Waals surface area (Å²) in [7, 11) is 2.94. The molecule has 0 saturated carbocycles. The van der Waals surface area contributed by atoms with Gasteiger partial charge in [0.1, 0.15) is 5.69 Å². The van der Waals surface area contributed by atoms with Crippen LogP contribution in [-0.2, 0) is 11.9 Å². The van der Waals surface area contributed by atoms with Gasteiger partial charge in [-0.1, -0.05) is 35.5 Å². The maximum Gasteiger partial charge on any atom is 0.433 e. The Bertz CT molecular complexity index is 998. The standard InChI is InChI=1S/C20H16ClF3N2O2S/c1-27-16-8-5-13(9-17(16)28-2)15-10-18(20(22,23)24)26-19(25-15)29-11-12-3-6-14(21)7-4-12/h3-10H,11H2,1-2H3. The Morgan fingerprint density at radius 2 is 1.62 bits per heavy atom. The average molecular weight is 441 g/mol. The van der Waals surface area contributed by atoms with Crippen molar-refractivity contribution >= 4 is 23.4 Å². The Hall–Kier alpha value is -2.45. The molecular formula is C20H16ClF3N2O2S. The Morgan fingerprint density at radius 3 is 2.24 bits per heavy atom. The Balaban J connectivity index is 1.96. The number of nitrogens with zero attached hydrogens (tertiary/aromatic N) is 2. The predicted molar refractivity (Wildman–Crippen MR) is 107 cm³/mol. The van der Waals surface area contributed by atoms with Crippen molar-refractivity contribution < 1.29 is 22.6 Å². The van der Waals surface area contributed by atoms with Gasteiger partial charge in [0.15, 0.2) is 16.7 Å². The van der Waals surface area contributed by atoms with Crippen LogP contribution in [0.4, 0.5) is 13.2 Å². The zero-order valence-electron chi connectivity index (χ0n) is 15.5. The summed E-state index contributed by atoms with van der Waals surface area (Å²) >= 11 is 6.97. The van der Waals surface area contributed by atoms with Gasteiger partial charge in [-0.05, 0) is 42.0 Å². The van der Waals surface area contributed by atoms with Crippen LogP contribution in [0.3, 0.4) is 0 Å². The molecule has 0 bridgehead atoms. The second-order valence-electron chi connectivity index (χ2n) is 5.90. The van der Waals surface area contributed by atoms with Crippen LogP contribution >= 0.6 is 23.4 Å². The van der Waals surface area contributed by atoms with Crippen molar-refractivity contribution in [3.05, 3.63) is 64.8 Å². The van der Waals surface area contributed by atoms with Crippen LogP contribution in [0.1, 0.15) is 11.3 Å². The van der Waals surface area contributed by atoms with Crippen molar-refractivity contribution in [3.8, 4) is 22.8 Å². The van der Waals surface area contributed by atoms with E-state index in [2.05, 4.69) is 9.97 Å². The molecule has 29 heavy (non-hydrogen) atoms. The summed E-state index contributed by atoms with van der Waals surface area (Å²) < 4.78 is 50.5. The fraction of sp³-hybridized carbons (Fsp3) is 0.200. The molecule has 1 heterocycles. The minimum absolute atomic E-state index is 0.0274. The van der Waals surface area contributed by atoms with Gasteiger partial charge in [-0.2, -0.15) is 13.2 Å². The van der Waals surface area contributed by atoms with Crippen molar-refractivity contribution in [2.75, 3.05) is 14.2 Å². The van der Waals surface area contributed by atoms with Gasteiger partial charge in [0, 0.05) is 16.3 Å². The second-order valence-corrected chi connectivity index (χ2v) is 7.28. The molecule has 0 aliphatic carbocycles. The number of hydrogen-bond donors (Lipinski definition) is 0. The molecular weight excluding hydrogens is 425 g/mol. The number of hydrogen-bond acceptors (Lipinski definition) is 5. The molecule has 0 aliphatic rings. The molecule has 152 valence electrons. The fourth-order valence-electron chi connectivity index (χ4n) is 2.51. The lowest BCUT2D eigenvalue weighted by atomic mass is 10.1. The molecule has 3 rings (SSSR count). The third kappa shape index (κ3) is 5.33. The van der Waals surface area contributed by atoms with Gasteiger partial charge in [0.25, 0.3) is 0 Å². The summed E-state index contributed by atoms with van der Waals surface area (Å²) in [6, 6.07) is 12.8. The quantitative estimate of drug-likeness (QED) is 0.341. The zero-order valence-corrected chi connectivity index (χ0v) is 17.0. The molecule has 0 fully saturated rings. The van der Waals surface area contributed by atoms with Crippen LogP contribution in [0, 0.1) is 0 Å². The maximum atomic E-state index is 13.4. The van der Waals surface area contributed by atoms with Gasteiger partial charge in [-0.25, -0.2) is 9.97 Å². The van der Waals surface area contributed by atoms with Crippen molar-refractivity contribution in [3.63, 3.8) is 0 Å². The molecule has 0 N–H and O–H groups in total. The van der Waals surface area contributed by atoms with E-state index in [4.69, 9.17) is 21.1 Å². The highest BCUT2D eigenvalue weighted by Gasteiger charge is 2.34. The number of methoxy groups -OCH3 is 2. The summed E-state index contributed by atoms with van der Waals surface area (Å²) in [5, 5.41) is 0.615. The van der Waals surface area contributed by atoms with Gasteiger partial charge in [-0.15, -0.1) is 0 Å². The maximum absolute atomic E-state index is 13.4. The number of aromatic nitrogens is 2. The van der Waals surface area contributed by atoms with Crippen molar-refractivity contribution in [2.24, 2.45) is 0 Å². The van der Waals surface area contributed by atoms with Crippen LogP contribution < -0.4 is 9.47 Å². The molecule has 0 amide bonds. The van der Waals surface area contributed by atoms with Gasteiger partial charge >= 0.3 is 6.18 Å². The van der Waals surface area contributed by atoms with E-state index < -0.39 is 11.9 Å². The molecule has 0 aliphatic heterocycles. The van der Waals surface area contributed by atoms with Crippen LogP contribution in [-0.4, -0.2) is 24.2 Å². The minimum Gasteiger partial charge on any atom is -0.493 e. The van der Waals surface area contributed by atoms with Crippen molar-refractivity contribution in [1.82, 2.24) is 9.97 Å². The highest BCUT2D eigenvalue weighted by Crippen LogP contribution is 2.35. The lowest BCUT2D eigenvalue weighted by molar-refractivity contribution is -0.141. The Labute approximate surface area is 175 Å². The van der Waals surface area contributed by atoms with Crippen LogP contribution in [0.25, 0.3) is 11.3 Å². The number of ether oxygens (including phenoxy) is 2. The van der Waals surface area contributed by atoms with E-state index in [0.717, 1.165) is 23.4 Å². The van der Waals surface area contributed by atoms with Crippen molar-refractivity contribution in [1.29, 1.82) is 0 Å². The number of thioether (sulfide) groups is 1. The average Bonchev–Trinajstić information content (AvgIpc) is 2.72. The van der Waals surface area contributed by atoms with E-state index >= 15 is 0 Å².